The fourth-order valence-corrected chi connectivity index (χ4v) is 4.05. The van der Waals surface area contributed by atoms with E-state index in [-0.39, 0.29) is 17.1 Å². The third-order valence-corrected chi connectivity index (χ3v) is 5.81. The molecule has 9 nitrogen and oxygen atoms in total. The van der Waals surface area contributed by atoms with Crippen LogP contribution in [0.4, 0.5) is 34.8 Å². The van der Waals surface area contributed by atoms with Gasteiger partial charge in [-0.3, -0.25) is 10.1 Å². The zero-order valence-corrected chi connectivity index (χ0v) is 18.0. The van der Waals surface area contributed by atoms with E-state index in [0.717, 1.165) is 12.1 Å². The molecule has 1 aliphatic heterocycles. The fourth-order valence-electron chi connectivity index (χ4n) is 4.05. The van der Waals surface area contributed by atoms with Crippen LogP contribution in [0.3, 0.4) is 0 Å². The van der Waals surface area contributed by atoms with Gasteiger partial charge in [0.05, 0.1) is 16.1 Å². The second-order valence-corrected chi connectivity index (χ2v) is 7.90. The molecule has 1 saturated heterocycles. The largest absolute Gasteiger partial charge is 0.416 e. The van der Waals surface area contributed by atoms with E-state index in [0.29, 0.717) is 43.7 Å². The number of halogens is 4. The number of benzene rings is 2. The van der Waals surface area contributed by atoms with Gasteiger partial charge in [0.25, 0.3) is 5.69 Å². The predicted octanol–water partition coefficient (Wildman–Crippen LogP) is 4.18. The van der Waals surface area contributed by atoms with Gasteiger partial charge in [-0.25, -0.2) is 4.39 Å². The summed E-state index contributed by atoms with van der Waals surface area (Å²) >= 11 is 0. The molecule has 0 aliphatic carbocycles. The van der Waals surface area contributed by atoms with Crippen molar-refractivity contribution in [1.29, 1.82) is 0 Å². The average molecular weight is 487 g/mol. The molecule has 2 aromatic carbocycles. The predicted molar refractivity (Wildman–Crippen MR) is 119 cm³/mol. The summed E-state index contributed by atoms with van der Waals surface area (Å²) in [6, 6.07) is 12.1. The van der Waals surface area contributed by atoms with Gasteiger partial charge in [0.1, 0.15) is 17.3 Å². The lowest BCUT2D eigenvalue weighted by Gasteiger charge is -2.36. The summed E-state index contributed by atoms with van der Waals surface area (Å²) in [4.78, 5) is 14.3. The van der Waals surface area contributed by atoms with Crippen molar-refractivity contribution in [2.75, 3.05) is 36.0 Å². The van der Waals surface area contributed by atoms with Gasteiger partial charge in [0.2, 0.25) is 0 Å². The summed E-state index contributed by atoms with van der Waals surface area (Å²) in [5.41, 5.74) is -0.836. The topological polar surface area (TPSA) is 92.7 Å². The van der Waals surface area contributed by atoms with Crippen LogP contribution in [-0.2, 0) is 6.18 Å². The first-order chi connectivity index (χ1) is 16.7. The fraction of sp³-hybridized carbons (Fsp3) is 0.227. The maximum Gasteiger partial charge on any atom is 0.416 e. The van der Waals surface area contributed by atoms with Crippen LogP contribution in [0, 0.1) is 15.9 Å². The minimum atomic E-state index is -4.67. The van der Waals surface area contributed by atoms with Gasteiger partial charge < -0.3 is 9.80 Å². The van der Waals surface area contributed by atoms with Crippen LogP contribution in [0.5, 0.6) is 0 Å². The molecule has 1 aliphatic rings. The summed E-state index contributed by atoms with van der Waals surface area (Å²) in [5, 5.41) is 24.1. The number of hydrogen-bond acceptors (Lipinski definition) is 7. The van der Waals surface area contributed by atoms with Gasteiger partial charge in [0.15, 0.2) is 11.5 Å². The molecule has 0 N–H and O–H groups in total. The summed E-state index contributed by atoms with van der Waals surface area (Å²) in [5.74, 6) is 0.358. The number of nitro groups is 1. The van der Waals surface area contributed by atoms with Crippen molar-refractivity contribution in [2.24, 2.45) is 0 Å². The molecule has 3 heterocycles. The van der Waals surface area contributed by atoms with Crippen molar-refractivity contribution < 1.29 is 22.5 Å². The van der Waals surface area contributed by atoms with Gasteiger partial charge >= 0.3 is 6.18 Å². The molecule has 0 spiro atoms. The van der Waals surface area contributed by atoms with Crippen LogP contribution >= 0.6 is 0 Å². The van der Waals surface area contributed by atoms with Gasteiger partial charge in [-0.05, 0) is 36.4 Å². The van der Waals surface area contributed by atoms with Crippen LogP contribution < -0.4 is 9.80 Å². The lowest BCUT2D eigenvalue weighted by Crippen LogP contribution is -2.47. The molecule has 0 atom stereocenters. The summed E-state index contributed by atoms with van der Waals surface area (Å²) in [6.45, 7) is 1.48. The summed E-state index contributed by atoms with van der Waals surface area (Å²) < 4.78 is 54.8. The first-order valence-electron chi connectivity index (χ1n) is 10.6. The minimum Gasteiger partial charge on any atom is -0.362 e. The Balaban J connectivity index is 1.38. The quantitative estimate of drug-likeness (QED) is 0.242. The lowest BCUT2D eigenvalue weighted by atomic mass is 10.1. The Labute approximate surface area is 195 Å². The molecule has 0 saturated carbocycles. The Morgan fingerprint density at radius 2 is 1.63 bits per heavy atom. The third kappa shape index (κ3) is 4.20. The molecule has 5 rings (SSSR count). The summed E-state index contributed by atoms with van der Waals surface area (Å²) in [6.07, 6.45) is -4.67. The zero-order valence-electron chi connectivity index (χ0n) is 18.0. The maximum atomic E-state index is 14.3. The van der Waals surface area contributed by atoms with Crippen molar-refractivity contribution >= 4 is 22.8 Å². The number of fused-ring (bicyclic) bond motifs is 1. The number of rotatable bonds is 4. The molecule has 0 bridgehead atoms. The van der Waals surface area contributed by atoms with E-state index in [2.05, 4.69) is 15.3 Å². The Morgan fingerprint density at radius 1 is 0.914 bits per heavy atom. The number of hydrogen-bond donors (Lipinski definition) is 0. The first kappa shape index (κ1) is 22.5. The molecule has 0 unspecified atom stereocenters. The molecule has 180 valence electrons. The summed E-state index contributed by atoms with van der Waals surface area (Å²) in [7, 11) is 0. The monoisotopic (exact) mass is 487 g/mol. The van der Waals surface area contributed by atoms with Gasteiger partial charge in [0, 0.05) is 32.2 Å². The Bertz CT molecular complexity index is 1410. The molecule has 0 amide bonds. The van der Waals surface area contributed by atoms with Gasteiger partial charge in [-0.2, -0.15) is 17.7 Å². The molecule has 0 radical (unpaired) electrons. The minimum absolute atomic E-state index is 0.131. The van der Waals surface area contributed by atoms with Crippen LogP contribution in [0.2, 0.25) is 0 Å². The van der Waals surface area contributed by atoms with Gasteiger partial charge in [-0.1, -0.05) is 12.1 Å². The van der Waals surface area contributed by atoms with Crippen LogP contribution in [-0.4, -0.2) is 50.9 Å². The third-order valence-electron chi connectivity index (χ3n) is 5.81. The SMILES string of the molecule is O=[N+]([O-])c1cc(C(F)(F)F)ccc1N1CCN(c2ccc3nnc(-c4ccccc4F)n3n2)CC1. The normalized spacial score (nSPS) is 14.5. The van der Waals surface area contributed by atoms with E-state index >= 15 is 0 Å². The second kappa shape index (κ2) is 8.49. The Hall–Kier alpha value is -4.29. The molecule has 35 heavy (non-hydrogen) atoms. The van der Waals surface area contributed by atoms with Gasteiger partial charge in [-0.15, -0.1) is 15.3 Å². The Morgan fingerprint density at radius 3 is 2.31 bits per heavy atom. The zero-order chi connectivity index (χ0) is 24.7. The van der Waals surface area contributed by atoms with Crippen molar-refractivity contribution in [1.82, 2.24) is 19.8 Å². The molecule has 2 aromatic heterocycles. The number of nitro benzene ring substituents is 1. The van der Waals surface area contributed by atoms with Crippen LogP contribution in [0.25, 0.3) is 17.0 Å². The van der Waals surface area contributed by atoms with E-state index in [4.69, 9.17) is 0 Å². The molecule has 1 fully saturated rings. The van der Waals surface area contributed by atoms with E-state index in [1.54, 1.807) is 35.2 Å². The first-order valence-corrected chi connectivity index (χ1v) is 10.6. The highest BCUT2D eigenvalue weighted by Crippen LogP contribution is 2.37. The number of alkyl halides is 3. The van der Waals surface area contributed by atoms with E-state index in [1.807, 2.05) is 4.90 Å². The molecule has 4 aromatic rings. The lowest BCUT2D eigenvalue weighted by molar-refractivity contribution is -0.384. The van der Waals surface area contributed by atoms with Crippen molar-refractivity contribution in [3.05, 3.63) is 76.1 Å². The standard InChI is InChI=1S/C22H17F4N7O2/c23-16-4-2-1-3-15(16)21-28-27-19-7-8-20(29-32(19)21)31-11-9-30(10-12-31)17-6-5-14(22(24,25)26)13-18(17)33(34)35/h1-8,13H,9-12H2. The molecular formula is C22H17F4N7O2. The number of anilines is 2. The van der Waals surface area contributed by atoms with E-state index in [1.165, 1.54) is 10.6 Å². The highest BCUT2D eigenvalue weighted by Gasteiger charge is 2.34. The number of piperazine rings is 1. The van der Waals surface area contributed by atoms with Crippen LogP contribution in [0.15, 0.2) is 54.6 Å². The van der Waals surface area contributed by atoms with Crippen molar-refractivity contribution in [2.45, 2.75) is 6.18 Å². The number of aromatic nitrogens is 4. The number of nitrogens with zero attached hydrogens (tertiary/aromatic N) is 7. The van der Waals surface area contributed by atoms with E-state index < -0.39 is 28.2 Å². The van der Waals surface area contributed by atoms with Crippen LogP contribution in [0.1, 0.15) is 5.56 Å². The highest BCUT2D eigenvalue weighted by molar-refractivity contribution is 5.66. The highest BCUT2D eigenvalue weighted by atomic mass is 19.4. The average Bonchev–Trinajstić information content (AvgIpc) is 3.26. The van der Waals surface area contributed by atoms with E-state index in [9.17, 15) is 27.7 Å². The van der Waals surface area contributed by atoms with Crippen molar-refractivity contribution in [3.8, 4) is 11.4 Å². The van der Waals surface area contributed by atoms with Crippen molar-refractivity contribution in [3.63, 3.8) is 0 Å². The second-order valence-electron chi connectivity index (χ2n) is 7.90. The maximum absolute atomic E-state index is 14.3. The smallest absolute Gasteiger partial charge is 0.362 e. The molecular weight excluding hydrogens is 470 g/mol. The Kier molecular flexibility index (Phi) is 5.46. The molecule has 13 heteroatoms.